The van der Waals surface area contributed by atoms with Crippen molar-refractivity contribution in [1.29, 1.82) is 0 Å². The smallest absolute Gasteiger partial charge is 0.0546 e. The summed E-state index contributed by atoms with van der Waals surface area (Å²) in [7, 11) is 4.10. The van der Waals surface area contributed by atoms with E-state index in [1.165, 1.54) is 5.56 Å². The third-order valence-corrected chi connectivity index (χ3v) is 3.32. The lowest BCUT2D eigenvalue weighted by atomic mass is 9.82. The van der Waals surface area contributed by atoms with Crippen molar-refractivity contribution in [1.82, 2.24) is 14.7 Å². The summed E-state index contributed by atoms with van der Waals surface area (Å²) in [4.78, 5) is 2.35. The average molecular weight is 223 g/mol. The van der Waals surface area contributed by atoms with Crippen molar-refractivity contribution >= 4 is 0 Å². The van der Waals surface area contributed by atoms with Gasteiger partial charge in [0.05, 0.1) is 12.3 Å². The van der Waals surface area contributed by atoms with Crippen LogP contribution < -0.4 is 0 Å². The van der Waals surface area contributed by atoms with Crippen LogP contribution in [0.2, 0.25) is 0 Å². The Balaban J connectivity index is 1.65. The molecule has 2 rings (SSSR count). The molecule has 1 saturated carbocycles. The number of aryl methyl sites for hydroxylation is 1. The van der Waals surface area contributed by atoms with Crippen molar-refractivity contribution in [3.05, 3.63) is 18.0 Å². The van der Waals surface area contributed by atoms with Gasteiger partial charge >= 0.3 is 0 Å². The number of hydrogen-bond donors (Lipinski definition) is 1. The highest BCUT2D eigenvalue weighted by Crippen LogP contribution is 2.27. The molecule has 1 fully saturated rings. The second-order valence-corrected chi connectivity index (χ2v) is 5.03. The highest BCUT2D eigenvalue weighted by atomic mass is 16.3. The first kappa shape index (κ1) is 11.6. The van der Waals surface area contributed by atoms with Crippen LogP contribution in [-0.4, -0.2) is 46.0 Å². The van der Waals surface area contributed by atoms with E-state index in [4.69, 9.17) is 0 Å². The summed E-state index contributed by atoms with van der Waals surface area (Å²) in [5.74, 6) is 0.703. The maximum absolute atomic E-state index is 9.21. The fourth-order valence-corrected chi connectivity index (χ4v) is 2.30. The quantitative estimate of drug-likeness (QED) is 0.797. The van der Waals surface area contributed by atoms with Crippen LogP contribution in [0.3, 0.4) is 0 Å². The van der Waals surface area contributed by atoms with Crippen LogP contribution in [0.1, 0.15) is 18.4 Å². The van der Waals surface area contributed by atoms with E-state index in [9.17, 15) is 5.11 Å². The Kier molecular flexibility index (Phi) is 3.61. The summed E-state index contributed by atoms with van der Waals surface area (Å²) in [6.07, 6.45) is 6.99. The van der Waals surface area contributed by atoms with Crippen LogP contribution >= 0.6 is 0 Å². The third kappa shape index (κ3) is 3.06. The van der Waals surface area contributed by atoms with E-state index in [0.29, 0.717) is 5.92 Å². The fourth-order valence-electron chi connectivity index (χ4n) is 2.30. The molecule has 1 aliphatic rings. The van der Waals surface area contributed by atoms with E-state index >= 15 is 0 Å². The van der Waals surface area contributed by atoms with Crippen LogP contribution in [0.5, 0.6) is 0 Å². The average Bonchev–Trinajstić information content (AvgIpc) is 2.59. The molecule has 0 radical (unpaired) electrons. The molecule has 1 aromatic rings. The lowest BCUT2D eigenvalue weighted by molar-refractivity contribution is 0.0285. The summed E-state index contributed by atoms with van der Waals surface area (Å²) in [6, 6.07) is 0. The molecule has 0 bridgehead atoms. The molecule has 16 heavy (non-hydrogen) atoms. The van der Waals surface area contributed by atoms with Crippen molar-refractivity contribution in [2.45, 2.75) is 25.4 Å². The minimum atomic E-state index is -0.0308. The molecule has 1 heterocycles. The van der Waals surface area contributed by atoms with E-state index in [1.807, 2.05) is 17.9 Å². The Labute approximate surface area is 96.9 Å². The van der Waals surface area contributed by atoms with E-state index in [-0.39, 0.29) is 6.10 Å². The van der Waals surface area contributed by atoms with Crippen molar-refractivity contribution in [2.75, 3.05) is 20.1 Å². The van der Waals surface area contributed by atoms with E-state index in [2.05, 4.69) is 23.2 Å². The Morgan fingerprint density at radius 1 is 1.56 bits per heavy atom. The van der Waals surface area contributed by atoms with Gasteiger partial charge in [0.2, 0.25) is 0 Å². The minimum absolute atomic E-state index is 0.0308. The first-order chi connectivity index (χ1) is 7.63. The summed E-state index contributed by atoms with van der Waals surface area (Å²) >= 11 is 0. The minimum Gasteiger partial charge on any atom is -0.393 e. The van der Waals surface area contributed by atoms with Gasteiger partial charge < -0.3 is 10.0 Å². The van der Waals surface area contributed by atoms with Gasteiger partial charge in [-0.1, -0.05) is 0 Å². The van der Waals surface area contributed by atoms with Crippen molar-refractivity contribution in [2.24, 2.45) is 13.0 Å². The predicted octanol–water partition coefficient (Wildman–Crippen LogP) is 0.665. The second kappa shape index (κ2) is 4.97. The molecule has 0 aromatic carbocycles. The van der Waals surface area contributed by atoms with Gasteiger partial charge in [0, 0.05) is 26.3 Å². The molecule has 0 saturated heterocycles. The standard InChI is InChI=1S/C12H21N3O/c1-14(8-11-5-12(16)6-11)4-3-10-7-13-15(2)9-10/h7,9,11-12,16H,3-6,8H2,1-2H3. The van der Waals surface area contributed by atoms with Gasteiger partial charge in [-0.2, -0.15) is 5.10 Å². The number of nitrogens with zero attached hydrogens (tertiary/aromatic N) is 3. The molecule has 0 spiro atoms. The van der Waals surface area contributed by atoms with E-state index in [1.54, 1.807) is 0 Å². The molecular formula is C12H21N3O. The van der Waals surface area contributed by atoms with E-state index < -0.39 is 0 Å². The number of aromatic nitrogens is 2. The zero-order valence-corrected chi connectivity index (χ0v) is 10.1. The molecular weight excluding hydrogens is 202 g/mol. The van der Waals surface area contributed by atoms with Gasteiger partial charge in [0.25, 0.3) is 0 Å². The number of hydrogen-bond acceptors (Lipinski definition) is 3. The SMILES string of the molecule is CN(CCc1cnn(C)c1)CC1CC(O)C1. The van der Waals surface area contributed by atoms with Crippen molar-refractivity contribution in [3.8, 4) is 0 Å². The monoisotopic (exact) mass is 223 g/mol. The van der Waals surface area contributed by atoms with Gasteiger partial charge in [0.15, 0.2) is 0 Å². The largest absolute Gasteiger partial charge is 0.393 e. The van der Waals surface area contributed by atoms with Crippen molar-refractivity contribution in [3.63, 3.8) is 0 Å². The molecule has 90 valence electrons. The fraction of sp³-hybridized carbons (Fsp3) is 0.750. The van der Waals surface area contributed by atoms with Crippen LogP contribution in [0.4, 0.5) is 0 Å². The Morgan fingerprint density at radius 3 is 2.88 bits per heavy atom. The van der Waals surface area contributed by atoms with Crippen LogP contribution in [-0.2, 0) is 13.5 Å². The first-order valence-corrected chi connectivity index (χ1v) is 5.97. The zero-order valence-electron chi connectivity index (χ0n) is 10.1. The van der Waals surface area contributed by atoms with Crippen LogP contribution in [0, 0.1) is 5.92 Å². The van der Waals surface area contributed by atoms with Gasteiger partial charge in [-0.25, -0.2) is 0 Å². The Hall–Kier alpha value is -0.870. The maximum atomic E-state index is 9.21. The molecule has 4 heteroatoms. The third-order valence-electron chi connectivity index (χ3n) is 3.32. The van der Waals surface area contributed by atoms with Gasteiger partial charge in [-0.15, -0.1) is 0 Å². The first-order valence-electron chi connectivity index (χ1n) is 5.97. The summed E-state index contributed by atoms with van der Waals surface area (Å²) < 4.78 is 1.84. The highest BCUT2D eigenvalue weighted by Gasteiger charge is 2.27. The Bertz CT molecular complexity index is 331. The number of rotatable bonds is 5. The molecule has 1 aromatic heterocycles. The summed E-state index contributed by atoms with van der Waals surface area (Å²) in [5.41, 5.74) is 1.29. The van der Waals surface area contributed by atoms with Crippen LogP contribution in [0.25, 0.3) is 0 Å². The topological polar surface area (TPSA) is 41.3 Å². The molecule has 0 aliphatic heterocycles. The summed E-state index contributed by atoms with van der Waals surface area (Å²) in [5, 5.41) is 13.4. The summed E-state index contributed by atoms with van der Waals surface area (Å²) in [6.45, 7) is 2.18. The predicted molar refractivity (Wildman–Crippen MR) is 63.1 cm³/mol. The number of likely N-dealkylation sites (N-methyl/N-ethyl adjacent to an activating group) is 1. The molecule has 4 nitrogen and oxygen atoms in total. The van der Waals surface area contributed by atoms with Gasteiger partial charge in [0.1, 0.15) is 0 Å². The van der Waals surface area contributed by atoms with E-state index in [0.717, 1.165) is 32.4 Å². The highest BCUT2D eigenvalue weighted by molar-refractivity contribution is 5.03. The second-order valence-electron chi connectivity index (χ2n) is 5.03. The van der Waals surface area contributed by atoms with Crippen LogP contribution in [0.15, 0.2) is 12.4 Å². The van der Waals surface area contributed by atoms with Gasteiger partial charge in [-0.05, 0) is 37.8 Å². The normalized spacial score (nSPS) is 24.8. The molecule has 0 atom stereocenters. The molecule has 1 aliphatic carbocycles. The Morgan fingerprint density at radius 2 is 2.31 bits per heavy atom. The van der Waals surface area contributed by atoms with Gasteiger partial charge in [-0.3, -0.25) is 4.68 Å². The number of aliphatic hydroxyl groups is 1. The van der Waals surface area contributed by atoms with Crippen molar-refractivity contribution < 1.29 is 5.11 Å². The zero-order chi connectivity index (χ0) is 11.5. The molecule has 0 unspecified atom stereocenters. The molecule has 1 N–H and O–H groups in total. The molecule has 0 amide bonds. The lowest BCUT2D eigenvalue weighted by Crippen LogP contribution is -2.37. The number of aliphatic hydroxyl groups excluding tert-OH is 1. The lowest BCUT2D eigenvalue weighted by Gasteiger charge is -2.34. The maximum Gasteiger partial charge on any atom is 0.0546 e.